The third-order valence-corrected chi connectivity index (χ3v) is 5.56. The summed E-state index contributed by atoms with van der Waals surface area (Å²) >= 11 is 0. The molecular formula is C19H28N4O2. The molecule has 1 unspecified atom stereocenters. The third kappa shape index (κ3) is 3.26. The van der Waals surface area contributed by atoms with Crippen LogP contribution in [0, 0.1) is 0 Å². The van der Waals surface area contributed by atoms with Crippen molar-refractivity contribution in [3.8, 4) is 0 Å². The van der Waals surface area contributed by atoms with Crippen LogP contribution < -0.4 is 16.3 Å². The summed E-state index contributed by atoms with van der Waals surface area (Å²) in [7, 11) is 1.90. The van der Waals surface area contributed by atoms with Crippen LogP contribution in [-0.2, 0) is 18.2 Å². The first kappa shape index (κ1) is 16.8. The molecule has 25 heavy (non-hydrogen) atoms. The van der Waals surface area contributed by atoms with E-state index in [1.807, 2.05) is 16.2 Å². The summed E-state index contributed by atoms with van der Waals surface area (Å²) in [5.74, 6) is 0. The summed E-state index contributed by atoms with van der Waals surface area (Å²) in [6.07, 6.45) is 4.38. The Bertz CT molecular complexity index is 783. The number of nitrogens with zero attached hydrogens (tertiary/aromatic N) is 2. The number of hydrogen-bond acceptors (Lipinski definition) is 4. The van der Waals surface area contributed by atoms with E-state index in [9.17, 15) is 4.79 Å². The highest BCUT2D eigenvalue weighted by Crippen LogP contribution is 2.25. The van der Waals surface area contributed by atoms with Gasteiger partial charge < -0.3 is 15.4 Å². The first-order valence-corrected chi connectivity index (χ1v) is 9.47. The molecule has 3 heterocycles. The number of imidazole rings is 1. The van der Waals surface area contributed by atoms with E-state index >= 15 is 0 Å². The summed E-state index contributed by atoms with van der Waals surface area (Å²) in [5, 5.41) is 6.81. The number of fused-ring (bicyclic) bond motifs is 1. The fourth-order valence-corrected chi connectivity index (χ4v) is 4.25. The smallest absolute Gasteiger partial charge is 0.329 e. The average Bonchev–Trinajstić information content (AvgIpc) is 2.93. The molecule has 2 atom stereocenters. The van der Waals surface area contributed by atoms with E-state index in [-0.39, 0.29) is 17.8 Å². The van der Waals surface area contributed by atoms with Crippen molar-refractivity contribution in [1.29, 1.82) is 0 Å². The van der Waals surface area contributed by atoms with Crippen LogP contribution >= 0.6 is 0 Å². The Hall–Kier alpha value is -1.63. The Kier molecular flexibility index (Phi) is 4.92. The molecule has 6 nitrogen and oxygen atoms in total. The maximum atomic E-state index is 12.9. The Morgan fingerprint density at radius 2 is 2.12 bits per heavy atom. The number of aromatic nitrogens is 2. The number of aryl methyl sites for hydroxylation is 2. The van der Waals surface area contributed by atoms with E-state index < -0.39 is 0 Å². The summed E-state index contributed by atoms with van der Waals surface area (Å²) in [5.41, 5.74) is 3.50. The van der Waals surface area contributed by atoms with Crippen LogP contribution in [-0.4, -0.2) is 48.0 Å². The fraction of sp³-hybridized carbons (Fsp3) is 0.632. The van der Waals surface area contributed by atoms with Gasteiger partial charge in [-0.3, -0.25) is 9.13 Å². The van der Waals surface area contributed by atoms with Gasteiger partial charge in [-0.1, -0.05) is 12.1 Å². The normalized spacial score (nSPS) is 24.7. The van der Waals surface area contributed by atoms with Gasteiger partial charge in [0.2, 0.25) is 0 Å². The van der Waals surface area contributed by atoms with Gasteiger partial charge in [0.1, 0.15) is 0 Å². The highest BCUT2D eigenvalue weighted by Gasteiger charge is 2.22. The van der Waals surface area contributed by atoms with E-state index in [1.165, 1.54) is 5.56 Å². The largest absolute Gasteiger partial charge is 0.376 e. The van der Waals surface area contributed by atoms with Crippen molar-refractivity contribution in [2.45, 2.75) is 37.8 Å². The number of piperidine rings is 1. The summed E-state index contributed by atoms with van der Waals surface area (Å²) < 4.78 is 9.66. The molecule has 136 valence electrons. The maximum absolute atomic E-state index is 12.9. The first-order chi connectivity index (χ1) is 12.3. The molecule has 2 saturated heterocycles. The van der Waals surface area contributed by atoms with E-state index in [1.54, 1.807) is 0 Å². The quantitative estimate of drug-likeness (QED) is 0.875. The lowest BCUT2D eigenvalue weighted by atomic mass is 10.0. The maximum Gasteiger partial charge on any atom is 0.329 e. The van der Waals surface area contributed by atoms with Gasteiger partial charge in [-0.05, 0) is 43.9 Å². The lowest BCUT2D eigenvalue weighted by Crippen LogP contribution is -2.38. The second-order valence-corrected chi connectivity index (χ2v) is 7.23. The Morgan fingerprint density at radius 1 is 1.24 bits per heavy atom. The minimum Gasteiger partial charge on any atom is -0.376 e. The minimum atomic E-state index is 0.103. The van der Waals surface area contributed by atoms with Crippen LogP contribution in [0.25, 0.3) is 11.0 Å². The highest BCUT2D eigenvalue weighted by molar-refractivity contribution is 5.80. The Balaban J connectivity index is 1.65. The molecule has 2 aromatic rings. The molecule has 6 heteroatoms. The van der Waals surface area contributed by atoms with Gasteiger partial charge in [0.05, 0.1) is 29.8 Å². The van der Waals surface area contributed by atoms with Crippen LogP contribution in [0.4, 0.5) is 0 Å². The van der Waals surface area contributed by atoms with Gasteiger partial charge in [0.25, 0.3) is 0 Å². The molecule has 2 aliphatic heterocycles. The number of benzene rings is 1. The lowest BCUT2D eigenvalue weighted by Gasteiger charge is -2.24. The van der Waals surface area contributed by atoms with Crippen LogP contribution in [0.3, 0.4) is 0 Å². The zero-order valence-corrected chi connectivity index (χ0v) is 15.0. The number of para-hydroxylation sites is 1. The average molecular weight is 344 g/mol. The Morgan fingerprint density at radius 3 is 2.88 bits per heavy atom. The number of nitrogens with one attached hydrogen (secondary N) is 2. The minimum absolute atomic E-state index is 0.103. The number of rotatable bonds is 4. The zero-order valence-electron chi connectivity index (χ0n) is 15.0. The van der Waals surface area contributed by atoms with Crippen LogP contribution in [0.5, 0.6) is 0 Å². The number of morpholine rings is 1. The van der Waals surface area contributed by atoms with Crippen molar-refractivity contribution in [2.24, 2.45) is 7.05 Å². The number of hydrogen-bond donors (Lipinski definition) is 2. The zero-order chi connectivity index (χ0) is 17.2. The predicted molar refractivity (Wildman–Crippen MR) is 99.3 cm³/mol. The molecule has 4 rings (SSSR count). The molecule has 2 aliphatic rings. The van der Waals surface area contributed by atoms with Crippen molar-refractivity contribution in [2.75, 3.05) is 32.8 Å². The standard InChI is InChI=1S/C19H28N4O2/c1-22-18-14(7-8-16-13-21-10-11-25-16)4-2-6-17(18)23(19(22)24)15-5-3-9-20-12-15/h2,4,6,15-16,20-21H,3,5,7-13H2,1H3/t15?,16-/m0/s1. The molecule has 0 bridgehead atoms. The molecular weight excluding hydrogens is 316 g/mol. The van der Waals surface area contributed by atoms with Crippen LogP contribution in [0.1, 0.15) is 30.9 Å². The second kappa shape index (κ2) is 7.32. The van der Waals surface area contributed by atoms with Crippen molar-refractivity contribution >= 4 is 11.0 Å². The molecule has 0 amide bonds. The number of ether oxygens (including phenoxy) is 1. The topological polar surface area (TPSA) is 60.2 Å². The Labute approximate surface area is 148 Å². The molecule has 0 radical (unpaired) electrons. The van der Waals surface area contributed by atoms with E-state index in [2.05, 4.69) is 28.8 Å². The first-order valence-electron chi connectivity index (χ1n) is 9.47. The third-order valence-electron chi connectivity index (χ3n) is 5.56. The van der Waals surface area contributed by atoms with Crippen molar-refractivity contribution in [3.05, 3.63) is 34.2 Å². The summed E-state index contributed by atoms with van der Waals surface area (Å²) in [6, 6.07) is 6.59. The van der Waals surface area contributed by atoms with Gasteiger partial charge in [0.15, 0.2) is 0 Å². The van der Waals surface area contributed by atoms with E-state index in [4.69, 9.17) is 4.74 Å². The molecule has 0 aliphatic carbocycles. The predicted octanol–water partition coefficient (Wildman–Crippen LogP) is 1.19. The summed E-state index contributed by atoms with van der Waals surface area (Å²) in [4.78, 5) is 12.9. The molecule has 2 N–H and O–H groups in total. The van der Waals surface area contributed by atoms with Gasteiger partial charge >= 0.3 is 5.69 Å². The lowest BCUT2D eigenvalue weighted by molar-refractivity contribution is 0.0239. The molecule has 2 fully saturated rings. The van der Waals surface area contributed by atoms with E-state index in [0.717, 1.165) is 69.5 Å². The van der Waals surface area contributed by atoms with Gasteiger partial charge in [-0.25, -0.2) is 4.79 Å². The fourth-order valence-electron chi connectivity index (χ4n) is 4.25. The van der Waals surface area contributed by atoms with E-state index in [0.29, 0.717) is 0 Å². The monoisotopic (exact) mass is 344 g/mol. The second-order valence-electron chi connectivity index (χ2n) is 7.23. The highest BCUT2D eigenvalue weighted by atomic mass is 16.5. The van der Waals surface area contributed by atoms with Gasteiger partial charge in [-0.2, -0.15) is 0 Å². The van der Waals surface area contributed by atoms with Crippen LogP contribution in [0.2, 0.25) is 0 Å². The molecule has 0 saturated carbocycles. The van der Waals surface area contributed by atoms with Gasteiger partial charge in [-0.15, -0.1) is 0 Å². The molecule has 0 spiro atoms. The summed E-state index contributed by atoms with van der Waals surface area (Å²) in [6.45, 7) is 4.59. The van der Waals surface area contributed by atoms with Crippen molar-refractivity contribution in [3.63, 3.8) is 0 Å². The van der Waals surface area contributed by atoms with Crippen LogP contribution in [0.15, 0.2) is 23.0 Å². The molecule has 1 aromatic carbocycles. The van der Waals surface area contributed by atoms with Gasteiger partial charge in [0, 0.05) is 26.7 Å². The SMILES string of the molecule is Cn1c(=O)n(C2CCCNC2)c2cccc(CC[C@H]3CNCCO3)c21. The van der Waals surface area contributed by atoms with Crippen molar-refractivity contribution in [1.82, 2.24) is 19.8 Å². The van der Waals surface area contributed by atoms with Crippen molar-refractivity contribution < 1.29 is 4.74 Å². The molecule has 1 aromatic heterocycles.